The van der Waals surface area contributed by atoms with Crippen LogP contribution in [0.25, 0.3) is 0 Å². The first-order chi connectivity index (χ1) is 10.6. The summed E-state index contributed by atoms with van der Waals surface area (Å²) in [7, 11) is 1.26. The van der Waals surface area contributed by atoms with Crippen LogP contribution in [0.2, 0.25) is 0 Å². The minimum Gasteiger partial charge on any atom is -0.467 e. The number of likely N-dealkylation sites (tertiary alicyclic amines) is 1. The number of carbonyl (C=O) groups is 3. The zero-order valence-corrected chi connectivity index (χ0v) is 14.5. The number of hydrogen-bond acceptors (Lipinski definition) is 5. The van der Waals surface area contributed by atoms with Gasteiger partial charge in [-0.2, -0.15) is 0 Å². The Hall–Kier alpha value is -1.85. The fourth-order valence-electron chi connectivity index (χ4n) is 3.27. The SMILES string of the molecule is COC(=O)[C@]1(C)CC(C2=CCCC2)C(=O)N1C(=O)OC(C)(C)C. The van der Waals surface area contributed by atoms with Crippen molar-refractivity contribution >= 4 is 18.0 Å². The van der Waals surface area contributed by atoms with Gasteiger partial charge in [-0.15, -0.1) is 0 Å². The maximum atomic E-state index is 12.8. The summed E-state index contributed by atoms with van der Waals surface area (Å²) in [6.45, 7) is 6.73. The van der Waals surface area contributed by atoms with Crippen LogP contribution in [0.1, 0.15) is 53.4 Å². The molecule has 0 spiro atoms. The van der Waals surface area contributed by atoms with E-state index in [1.807, 2.05) is 6.08 Å². The van der Waals surface area contributed by atoms with E-state index >= 15 is 0 Å². The topological polar surface area (TPSA) is 72.9 Å². The molecule has 1 saturated heterocycles. The molecule has 6 nitrogen and oxygen atoms in total. The number of rotatable bonds is 2. The highest BCUT2D eigenvalue weighted by Crippen LogP contribution is 2.42. The average Bonchev–Trinajstić information content (AvgIpc) is 3.03. The molecule has 128 valence electrons. The van der Waals surface area contributed by atoms with Crippen molar-refractivity contribution in [1.82, 2.24) is 4.90 Å². The van der Waals surface area contributed by atoms with Crippen molar-refractivity contribution < 1.29 is 23.9 Å². The number of amides is 2. The van der Waals surface area contributed by atoms with Crippen molar-refractivity contribution in [2.45, 2.75) is 64.5 Å². The van der Waals surface area contributed by atoms with Crippen molar-refractivity contribution in [3.05, 3.63) is 11.6 Å². The first kappa shape index (κ1) is 17.5. The molecule has 0 aromatic rings. The van der Waals surface area contributed by atoms with Crippen LogP contribution in [0.4, 0.5) is 4.79 Å². The van der Waals surface area contributed by atoms with Gasteiger partial charge in [0.15, 0.2) is 0 Å². The van der Waals surface area contributed by atoms with Gasteiger partial charge < -0.3 is 9.47 Å². The highest BCUT2D eigenvalue weighted by atomic mass is 16.6. The van der Waals surface area contributed by atoms with E-state index in [1.54, 1.807) is 27.7 Å². The van der Waals surface area contributed by atoms with E-state index in [4.69, 9.17) is 9.47 Å². The van der Waals surface area contributed by atoms with Crippen LogP contribution >= 0.6 is 0 Å². The minimum absolute atomic E-state index is 0.240. The summed E-state index contributed by atoms with van der Waals surface area (Å²) in [6, 6.07) is 0. The molecule has 2 atom stereocenters. The predicted molar refractivity (Wildman–Crippen MR) is 83.5 cm³/mol. The van der Waals surface area contributed by atoms with Crippen molar-refractivity contribution in [3.8, 4) is 0 Å². The molecule has 0 saturated carbocycles. The number of hydrogen-bond donors (Lipinski definition) is 0. The first-order valence-corrected chi connectivity index (χ1v) is 7.94. The van der Waals surface area contributed by atoms with E-state index in [2.05, 4.69) is 0 Å². The van der Waals surface area contributed by atoms with Gasteiger partial charge in [-0.1, -0.05) is 11.6 Å². The van der Waals surface area contributed by atoms with Crippen molar-refractivity contribution in [2.24, 2.45) is 5.92 Å². The second-order valence-electron chi connectivity index (χ2n) is 7.35. The van der Waals surface area contributed by atoms with Gasteiger partial charge in [0.05, 0.1) is 13.0 Å². The molecule has 0 radical (unpaired) electrons. The van der Waals surface area contributed by atoms with Crippen molar-refractivity contribution in [1.29, 1.82) is 0 Å². The molecule has 1 unspecified atom stereocenters. The molecule has 6 heteroatoms. The monoisotopic (exact) mass is 323 g/mol. The van der Waals surface area contributed by atoms with E-state index in [-0.39, 0.29) is 12.3 Å². The lowest BCUT2D eigenvalue weighted by atomic mass is 9.89. The number of allylic oxidation sites excluding steroid dienone is 1. The Morgan fingerprint density at radius 2 is 2.00 bits per heavy atom. The smallest absolute Gasteiger partial charge is 0.418 e. The Kier molecular flexibility index (Phi) is 4.55. The molecule has 1 heterocycles. The number of ether oxygens (including phenoxy) is 2. The molecule has 2 amide bonds. The van der Waals surface area contributed by atoms with Crippen LogP contribution in [0.5, 0.6) is 0 Å². The predicted octanol–water partition coefficient (Wildman–Crippen LogP) is 2.81. The van der Waals surface area contributed by atoms with Gasteiger partial charge in [-0.25, -0.2) is 14.5 Å². The average molecular weight is 323 g/mol. The Balaban J connectivity index is 2.36. The van der Waals surface area contributed by atoms with E-state index in [0.717, 1.165) is 29.7 Å². The Bertz CT molecular complexity index is 560. The Morgan fingerprint density at radius 3 is 2.48 bits per heavy atom. The zero-order valence-electron chi connectivity index (χ0n) is 14.5. The van der Waals surface area contributed by atoms with Gasteiger partial charge in [0, 0.05) is 0 Å². The fraction of sp³-hybridized carbons (Fsp3) is 0.706. The number of carbonyl (C=O) groups excluding carboxylic acids is 3. The summed E-state index contributed by atoms with van der Waals surface area (Å²) >= 11 is 0. The molecule has 2 rings (SSSR count). The number of esters is 1. The summed E-state index contributed by atoms with van der Waals surface area (Å²) in [6.07, 6.45) is 4.25. The largest absolute Gasteiger partial charge is 0.467 e. The minimum atomic E-state index is -1.33. The van der Waals surface area contributed by atoms with Gasteiger partial charge in [0.25, 0.3) is 0 Å². The molecule has 1 fully saturated rings. The third-order valence-corrected chi connectivity index (χ3v) is 4.34. The summed E-state index contributed by atoms with van der Waals surface area (Å²) in [5.41, 5.74) is -1.07. The third kappa shape index (κ3) is 3.26. The summed E-state index contributed by atoms with van der Waals surface area (Å²) in [5.74, 6) is -1.42. The molecule has 1 aliphatic carbocycles. The van der Waals surface area contributed by atoms with Gasteiger partial charge >= 0.3 is 12.1 Å². The molecule has 2 aliphatic rings. The van der Waals surface area contributed by atoms with Crippen LogP contribution in [0.15, 0.2) is 11.6 Å². The third-order valence-electron chi connectivity index (χ3n) is 4.34. The molecule has 0 bridgehead atoms. The lowest BCUT2D eigenvalue weighted by Gasteiger charge is -2.32. The second-order valence-corrected chi connectivity index (χ2v) is 7.35. The Labute approximate surface area is 136 Å². The molecule has 0 N–H and O–H groups in total. The quantitative estimate of drug-likeness (QED) is 0.577. The zero-order chi connectivity index (χ0) is 17.4. The molecule has 23 heavy (non-hydrogen) atoms. The van der Waals surface area contributed by atoms with Gasteiger partial charge in [-0.3, -0.25) is 4.79 Å². The van der Waals surface area contributed by atoms with Crippen LogP contribution in [-0.4, -0.2) is 41.1 Å². The summed E-state index contributed by atoms with van der Waals surface area (Å²) < 4.78 is 10.2. The number of nitrogens with zero attached hydrogens (tertiary/aromatic N) is 1. The fourth-order valence-corrected chi connectivity index (χ4v) is 3.27. The highest BCUT2D eigenvalue weighted by molar-refractivity contribution is 6.03. The molecule has 0 aromatic heterocycles. The molecular weight excluding hydrogens is 298 g/mol. The maximum Gasteiger partial charge on any atom is 0.418 e. The van der Waals surface area contributed by atoms with Crippen LogP contribution in [0.3, 0.4) is 0 Å². The lowest BCUT2D eigenvalue weighted by molar-refractivity contribution is -0.155. The van der Waals surface area contributed by atoms with Crippen LogP contribution in [-0.2, 0) is 19.1 Å². The second kappa shape index (κ2) is 5.98. The lowest BCUT2D eigenvalue weighted by Crippen LogP contribution is -2.54. The molecule has 1 aliphatic heterocycles. The normalized spacial score (nSPS) is 27.9. The first-order valence-electron chi connectivity index (χ1n) is 7.94. The number of methoxy groups -OCH3 is 1. The van der Waals surface area contributed by atoms with Gasteiger partial charge in [0.1, 0.15) is 11.1 Å². The van der Waals surface area contributed by atoms with Crippen LogP contribution < -0.4 is 0 Å². The van der Waals surface area contributed by atoms with Crippen LogP contribution in [0, 0.1) is 5.92 Å². The number of imide groups is 1. The highest BCUT2D eigenvalue weighted by Gasteiger charge is 2.58. The standard InChI is InChI=1S/C17H25NO5/c1-16(2,3)23-15(21)18-13(19)12(11-8-6-7-9-11)10-17(18,4)14(20)22-5/h8,12H,6-7,9-10H2,1-5H3/t12?,17-/m0/s1. The summed E-state index contributed by atoms with van der Waals surface area (Å²) in [5, 5.41) is 0. The van der Waals surface area contributed by atoms with Crippen molar-refractivity contribution in [2.75, 3.05) is 7.11 Å². The van der Waals surface area contributed by atoms with Gasteiger partial charge in [-0.05, 0) is 53.4 Å². The maximum absolute atomic E-state index is 12.8. The van der Waals surface area contributed by atoms with E-state index < -0.39 is 29.1 Å². The Morgan fingerprint density at radius 1 is 1.35 bits per heavy atom. The molecular formula is C17H25NO5. The van der Waals surface area contributed by atoms with E-state index in [0.29, 0.717) is 0 Å². The van der Waals surface area contributed by atoms with Gasteiger partial charge in [0.2, 0.25) is 5.91 Å². The van der Waals surface area contributed by atoms with E-state index in [1.165, 1.54) is 7.11 Å². The van der Waals surface area contributed by atoms with E-state index in [9.17, 15) is 14.4 Å². The van der Waals surface area contributed by atoms with Crippen molar-refractivity contribution in [3.63, 3.8) is 0 Å². The molecule has 0 aromatic carbocycles. The summed E-state index contributed by atoms with van der Waals surface area (Å²) in [4.78, 5) is 38.6.